The van der Waals surface area contributed by atoms with Gasteiger partial charge in [0.25, 0.3) is 0 Å². The zero-order valence-corrected chi connectivity index (χ0v) is 12.4. The molecule has 0 bridgehead atoms. The largest absolute Gasteiger partial charge is 0.492 e. The Labute approximate surface area is 115 Å². The van der Waals surface area contributed by atoms with Gasteiger partial charge in [0.1, 0.15) is 17.9 Å². The third-order valence-corrected chi connectivity index (χ3v) is 3.51. The average molecular weight is 265 g/mol. The van der Waals surface area contributed by atoms with E-state index in [1.54, 1.807) is 25.8 Å². The standard InChI is InChI=1S/C15H23NO3/c1-11-6-7-12(2)13(10-11)19-9-8-16(5)15(3,4)14(17)18/h6-7,10H,8-9H2,1-5H3,(H,17,18). The number of hydrogen-bond acceptors (Lipinski definition) is 3. The Hall–Kier alpha value is -1.55. The fraction of sp³-hybridized carbons (Fsp3) is 0.533. The molecule has 4 nitrogen and oxygen atoms in total. The first-order chi connectivity index (χ1) is 8.75. The molecule has 0 spiro atoms. The van der Waals surface area contributed by atoms with Crippen molar-refractivity contribution in [1.29, 1.82) is 0 Å². The molecule has 0 atom stereocenters. The average Bonchev–Trinajstić information content (AvgIpc) is 2.33. The van der Waals surface area contributed by atoms with Gasteiger partial charge < -0.3 is 9.84 Å². The molecule has 0 amide bonds. The molecule has 1 aromatic carbocycles. The number of likely N-dealkylation sites (N-methyl/N-ethyl adjacent to an activating group) is 1. The van der Waals surface area contributed by atoms with E-state index in [0.29, 0.717) is 13.2 Å². The third-order valence-electron chi connectivity index (χ3n) is 3.51. The van der Waals surface area contributed by atoms with Crippen molar-refractivity contribution in [1.82, 2.24) is 4.90 Å². The van der Waals surface area contributed by atoms with Crippen LogP contribution >= 0.6 is 0 Å². The highest BCUT2D eigenvalue weighted by molar-refractivity contribution is 5.77. The number of aryl methyl sites for hydroxylation is 2. The summed E-state index contributed by atoms with van der Waals surface area (Å²) >= 11 is 0. The molecule has 0 heterocycles. The first-order valence-corrected chi connectivity index (χ1v) is 6.40. The first kappa shape index (κ1) is 15.5. The molecule has 4 heteroatoms. The molecule has 0 aromatic heterocycles. The number of ether oxygens (including phenoxy) is 1. The van der Waals surface area contributed by atoms with E-state index in [0.717, 1.165) is 16.9 Å². The number of carboxylic acids is 1. The molecule has 1 N–H and O–H groups in total. The van der Waals surface area contributed by atoms with Gasteiger partial charge in [0.05, 0.1) is 0 Å². The van der Waals surface area contributed by atoms with Gasteiger partial charge in [-0.2, -0.15) is 0 Å². The van der Waals surface area contributed by atoms with Crippen LogP contribution in [0.5, 0.6) is 5.75 Å². The van der Waals surface area contributed by atoms with Crippen LogP contribution < -0.4 is 4.74 Å². The second kappa shape index (κ2) is 6.06. The van der Waals surface area contributed by atoms with Crippen molar-refractivity contribution >= 4 is 5.97 Å². The first-order valence-electron chi connectivity index (χ1n) is 6.40. The topological polar surface area (TPSA) is 49.8 Å². The molecule has 1 aromatic rings. The van der Waals surface area contributed by atoms with E-state index in [1.165, 1.54) is 0 Å². The van der Waals surface area contributed by atoms with Crippen LogP contribution in [-0.2, 0) is 4.79 Å². The van der Waals surface area contributed by atoms with Crippen LogP contribution in [0, 0.1) is 13.8 Å². The molecular formula is C15H23NO3. The Balaban J connectivity index is 2.55. The van der Waals surface area contributed by atoms with E-state index in [4.69, 9.17) is 9.84 Å². The Morgan fingerprint density at radius 1 is 1.37 bits per heavy atom. The second-order valence-electron chi connectivity index (χ2n) is 5.40. The molecule has 0 aliphatic carbocycles. The van der Waals surface area contributed by atoms with Gasteiger partial charge in [-0.15, -0.1) is 0 Å². The molecular weight excluding hydrogens is 242 g/mol. The van der Waals surface area contributed by atoms with Crippen molar-refractivity contribution in [3.05, 3.63) is 29.3 Å². The van der Waals surface area contributed by atoms with Gasteiger partial charge in [-0.1, -0.05) is 12.1 Å². The number of hydrogen-bond donors (Lipinski definition) is 1. The third kappa shape index (κ3) is 3.96. The van der Waals surface area contributed by atoms with Crippen LogP contribution in [-0.4, -0.2) is 41.7 Å². The predicted octanol–water partition coefficient (Wildman–Crippen LogP) is 2.48. The lowest BCUT2D eigenvalue weighted by Gasteiger charge is -2.31. The van der Waals surface area contributed by atoms with Gasteiger partial charge >= 0.3 is 5.97 Å². The number of rotatable bonds is 6. The lowest BCUT2D eigenvalue weighted by atomic mass is 10.0. The normalized spacial score (nSPS) is 11.7. The smallest absolute Gasteiger partial charge is 0.323 e. The van der Waals surface area contributed by atoms with Gasteiger partial charge in [0, 0.05) is 6.54 Å². The lowest BCUT2D eigenvalue weighted by molar-refractivity contribution is -0.148. The van der Waals surface area contributed by atoms with Crippen LogP contribution in [0.4, 0.5) is 0 Å². The van der Waals surface area contributed by atoms with E-state index >= 15 is 0 Å². The highest BCUT2D eigenvalue weighted by Gasteiger charge is 2.31. The minimum atomic E-state index is -0.884. The fourth-order valence-corrected chi connectivity index (χ4v) is 1.60. The zero-order chi connectivity index (χ0) is 14.6. The number of nitrogens with zero attached hydrogens (tertiary/aromatic N) is 1. The summed E-state index contributed by atoms with van der Waals surface area (Å²) in [5.74, 6) is 0.0308. The van der Waals surface area contributed by atoms with Crippen LogP contribution in [0.25, 0.3) is 0 Å². The van der Waals surface area contributed by atoms with E-state index in [9.17, 15) is 4.79 Å². The van der Waals surface area contributed by atoms with Crippen molar-refractivity contribution < 1.29 is 14.6 Å². The molecule has 1 rings (SSSR count). The fourth-order valence-electron chi connectivity index (χ4n) is 1.60. The summed E-state index contributed by atoms with van der Waals surface area (Å²) in [7, 11) is 1.79. The molecule has 0 radical (unpaired) electrons. The second-order valence-corrected chi connectivity index (χ2v) is 5.40. The maximum atomic E-state index is 11.1. The van der Waals surface area contributed by atoms with Crippen molar-refractivity contribution in [2.75, 3.05) is 20.2 Å². The van der Waals surface area contributed by atoms with E-state index < -0.39 is 11.5 Å². The quantitative estimate of drug-likeness (QED) is 0.858. The molecule has 0 fully saturated rings. The molecule has 0 aliphatic heterocycles. The van der Waals surface area contributed by atoms with Gasteiger partial charge in [-0.3, -0.25) is 9.69 Å². The number of aliphatic carboxylic acids is 1. The minimum Gasteiger partial charge on any atom is -0.492 e. The molecule has 19 heavy (non-hydrogen) atoms. The monoisotopic (exact) mass is 265 g/mol. The van der Waals surface area contributed by atoms with E-state index in [2.05, 4.69) is 0 Å². The van der Waals surface area contributed by atoms with Crippen LogP contribution in [0.1, 0.15) is 25.0 Å². The SMILES string of the molecule is Cc1ccc(C)c(OCCN(C)C(C)(C)C(=O)O)c1. The van der Waals surface area contributed by atoms with Crippen molar-refractivity contribution in [3.63, 3.8) is 0 Å². The summed E-state index contributed by atoms with van der Waals surface area (Å²) in [6.07, 6.45) is 0. The molecule has 0 aliphatic rings. The molecule has 0 saturated carbocycles. The Morgan fingerprint density at radius 3 is 2.58 bits per heavy atom. The molecule has 106 valence electrons. The Kier molecular flexibility index (Phi) is 4.95. The van der Waals surface area contributed by atoms with E-state index in [1.807, 2.05) is 32.0 Å². The molecule has 0 saturated heterocycles. The Bertz CT molecular complexity index is 455. The zero-order valence-electron chi connectivity index (χ0n) is 12.4. The summed E-state index contributed by atoms with van der Waals surface area (Å²) in [5.41, 5.74) is 1.36. The number of carbonyl (C=O) groups is 1. The van der Waals surface area contributed by atoms with Gasteiger partial charge in [-0.25, -0.2) is 0 Å². The van der Waals surface area contributed by atoms with Crippen molar-refractivity contribution in [2.24, 2.45) is 0 Å². The van der Waals surface area contributed by atoms with Crippen LogP contribution in [0.15, 0.2) is 18.2 Å². The van der Waals surface area contributed by atoms with Gasteiger partial charge in [0.2, 0.25) is 0 Å². The maximum absolute atomic E-state index is 11.1. The lowest BCUT2D eigenvalue weighted by Crippen LogP contribution is -2.49. The summed E-state index contributed by atoms with van der Waals surface area (Å²) in [6, 6.07) is 6.06. The van der Waals surface area contributed by atoms with Crippen LogP contribution in [0.2, 0.25) is 0 Å². The van der Waals surface area contributed by atoms with Gasteiger partial charge in [0.15, 0.2) is 0 Å². The van der Waals surface area contributed by atoms with Crippen molar-refractivity contribution in [2.45, 2.75) is 33.2 Å². The summed E-state index contributed by atoms with van der Waals surface area (Å²) in [4.78, 5) is 12.9. The highest BCUT2D eigenvalue weighted by atomic mass is 16.5. The summed E-state index contributed by atoms with van der Waals surface area (Å²) in [5, 5.41) is 9.13. The maximum Gasteiger partial charge on any atom is 0.323 e. The van der Waals surface area contributed by atoms with Crippen molar-refractivity contribution in [3.8, 4) is 5.75 Å². The number of carboxylic acid groups (broad SMARTS) is 1. The van der Waals surface area contributed by atoms with Gasteiger partial charge in [-0.05, 0) is 51.9 Å². The number of benzene rings is 1. The summed E-state index contributed by atoms with van der Waals surface area (Å²) < 4.78 is 5.73. The molecule has 0 unspecified atom stereocenters. The minimum absolute atomic E-state index is 0.470. The Morgan fingerprint density at radius 2 is 2.00 bits per heavy atom. The highest BCUT2D eigenvalue weighted by Crippen LogP contribution is 2.19. The van der Waals surface area contributed by atoms with E-state index in [-0.39, 0.29) is 0 Å². The summed E-state index contributed by atoms with van der Waals surface area (Å²) in [6.45, 7) is 8.43. The van der Waals surface area contributed by atoms with Crippen LogP contribution in [0.3, 0.4) is 0 Å². The predicted molar refractivity (Wildman–Crippen MR) is 75.8 cm³/mol.